The topological polar surface area (TPSA) is 17.1 Å². The van der Waals surface area contributed by atoms with Crippen LogP contribution < -0.4 is 0 Å². The minimum atomic E-state index is 0.458. The molecule has 0 aliphatic heterocycles. The number of hydrogen-bond donors (Lipinski definition) is 0. The molecule has 4 bridgehead atoms. The number of rotatable bonds is 4. The molecular weight excluding hydrogens is 292 g/mol. The fourth-order valence-corrected chi connectivity index (χ4v) is 8.79. The second-order valence-electron chi connectivity index (χ2n) is 12.4. The van der Waals surface area contributed by atoms with E-state index in [4.69, 9.17) is 0 Å². The van der Waals surface area contributed by atoms with Crippen molar-refractivity contribution in [1.29, 1.82) is 0 Å². The lowest BCUT2D eigenvalue weighted by Crippen LogP contribution is -2.33. The van der Waals surface area contributed by atoms with Gasteiger partial charge in [-0.05, 0) is 83.9 Å². The Labute approximate surface area is 149 Å². The second-order valence-corrected chi connectivity index (χ2v) is 12.4. The highest BCUT2D eigenvalue weighted by Gasteiger charge is 2.58. The van der Waals surface area contributed by atoms with Gasteiger partial charge in [-0.1, -0.05) is 41.5 Å². The van der Waals surface area contributed by atoms with Gasteiger partial charge in [0.2, 0.25) is 0 Å². The van der Waals surface area contributed by atoms with E-state index in [1.165, 1.54) is 38.5 Å². The van der Waals surface area contributed by atoms with Crippen molar-refractivity contribution in [3.63, 3.8) is 0 Å². The van der Waals surface area contributed by atoms with Gasteiger partial charge in [0.1, 0.15) is 5.78 Å². The summed E-state index contributed by atoms with van der Waals surface area (Å²) in [7, 11) is 0. The van der Waals surface area contributed by atoms with Crippen LogP contribution in [0.4, 0.5) is 0 Å². The van der Waals surface area contributed by atoms with Crippen LogP contribution in [0.25, 0.3) is 0 Å². The summed E-state index contributed by atoms with van der Waals surface area (Å²) in [4.78, 5) is 12.9. The van der Waals surface area contributed by atoms with Gasteiger partial charge in [0.05, 0.1) is 0 Å². The van der Waals surface area contributed by atoms with Crippen LogP contribution in [0.1, 0.15) is 92.9 Å². The van der Waals surface area contributed by atoms with Crippen LogP contribution >= 0.6 is 0 Å². The molecule has 0 radical (unpaired) electrons. The zero-order chi connectivity index (χ0) is 17.5. The summed E-state index contributed by atoms with van der Waals surface area (Å²) in [6, 6.07) is 0. The lowest BCUT2D eigenvalue weighted by Gasteiger charge is -2.40. The molecule has 4 fully saturated rings. The van der Waals surface area contributed by atoms with E-state index in [0.29, 0.717) is 39.3 Å². The fraction of sp³-hybridized carbons (Fsp3) is 0.957. The van der Waals surface area contributed by atoms with E-state index < -0.39 is 0 Å². The van der Waals surface area contributed by atoms with Crippen LogP contribution in [-0.2, 0) is 4.79 Å². The van der Waals surface area contributed by atoms with E-state index in [1.807, 2.05) is 0 Å². The monoisotopic (exact) mass is 330 g/mol. The molecule has 24 heavy (non-hydrogen) atoms. The molecule has 0 saturated heterocycles. The Morgan fingerprint density at radius 1 is 0.708 bits per heavy atom. The van der Waals surface area contributed by atoms with Gasteiger partial charge in [-0.2, -0.15) is 0 Å². The van der Waals surface area contributed by atoms with Crippen molar-refractivity contribution in [2.75, 3.05) is 0 Å². The van der Waals surface area contributed by atoms with Gasteiger partial charge in [0.15, 0.2) is 0 Å². The Morgan fingerprint density at radius 2 is 1.08 bits per heavy atom. The normalized spacial score (nSPS) is 50.6. The standard InChI is InChI=1S/C23H38O/c1-20(2)13-22(5)9-15(18(20)11-22)7-17(24)8-16-10-23(6)12-19(16)21(3,4)14-23/h15-16,18-19H,7-14H2,1-6H3. The third-order valence-electron chi connectivity index (χ3n) is 8.83. The zero-order valence-corrected chi connectivity index (χ0v) is 16.9. The summed E-state index contributed by atoms with van der Waals surface area (Å²) in [6.45, 7) is 14.7. The van der Waals surface area contributed by atoms with Gasteiger partial charge in [-0.3, -0.25) is 4.79 Å². The largest absolute Gasteiger partial charge is 0.300 e. The quantitative estimate of drug-likeness (QED) is 0.594. The molecule has 136 valence electrons. The molecule has 4 aliphatic carbocycles. The van der Waals surface area contributed by atoms with Crippen molar-refractivity contribution in [2.24, 2.45) is 45.3 Å². The molecule has 1 heteroatoms. The van der Waals surface area contributed by atoms with Crippen molar-refractivity contribution < 1.29 is 4.79 Å². The first-order valence-corrected chi connectivity index (χ1v) is 10.4. The summed E-state index contributed by atoms with van der Waals surface area (Å²) in [5, 5.41) is 0. The number of carbonyl (C=O) groups is 1. The minimum absolute atomic E-state index is 0.458. The average Bonchev–Trinajstić information content (AvgIpc) is 2.99. The van der Waals surface area contributed by atoms with Gasteiger partial charge >= 0.3 is 0 Å². The molecule has 6 atom stereocenters. The number of Topliss-reactive ketones (excluding diaryl/α,β-unsaturated/α-hetero) is 1. The highest BCUT2D eigenvalue weighted by Crippen LogP contribution is 2.67. The number of hydrogen-bond acceptors (Lipinski definition) is 1. The minimum Gasteiger partial charge on any atom is -0.300 e. The van der Waals surface area contributed by atoms with Crippen molar-refractivity contribution in [3.05, 3.63) is 0 Å². The fourth-order valence-electron chi connectivity index (χ4n) is 8.79. The summed E-state index contributed by atoms with van der Waals surface area (Å²) < 4.78 is 0. The molecule has 4 rings (SSSR count). The maximum absolute atomic E-state index is 12.9. The van der Waals surface area contributed by atoms with Crippen LogP contribution in [0.2, 0.25) is 0 Å². The molecule has 6 unspecified atom stereocenters. The molecule has 0 amide bonds. The molecule has 0 heterocycles. The maximum atomic E-state index is 12.9. The van der Waals surface area contributed by atoms with Gasteiger partial charge in [0, 0.05) is 12.8 Å². The first-order valence-electron chi connectivity index (χ1n) is 10.4. The predicted molar refractivity (Wildman–Crippen MR) is 99.7 cm³/mol. The van der Waals surface area contributed by atoms with E-state index in [-0.39, 0.29) is 0 Å². The summed E-state index contributed by atoms with van der Waals surface area (Å²) in [6.07, 6.45) is 9.85. The van der Waals surface area contributed by atoms with Crippen molar-refractivity contribution in [1.82, 2.24) is 0 Å². The van der Waals surface area contributed by atoms with E-state index in [0.717, 1.165) is 24.7 Å². The lowest BCUT2D eigenvalue weighted by molar-refractivity contribution is -0.122. The molecule has 0 aromatic carbocycles. The van der Waals surface area contributed by atoms with Crippen LogP contribution in [0.3, 0.4) is 0 Å². The highest BCUT2D eigenvalue weighted by molar-refractivity contribution is 5.79. The van der Waals surface area contributed by atoms with E-state index in [1.54, 1.807) is 0 Å². The molecule has 4 aliphatic rings. The average molecular weight is 331 g/mol. The molecule has 0 spiro atoms. The second kappa shape index (κ2) is 4.89. The Bertz CT molecular complexity index is 505. The van der Waals surface area contributed by atoms with Crippen LogP contribution in [0.15, 0.2) is 0 Å². The van der Waals surface area contributed by atoms with E-state index in [9.17, 15) is 4.79 Å². The smallest absolute Gasteiger partial charge is 0.133 e. The number of fused-ring (bicyclic) bond motifs is 4. The number of carbonyl (C=O) groups excluding carboxylic acids is 1. The van der Waals surface area contributed by atoms with Crippen LogP contribution in [0.5, 0.6) is 0 Å². The summed E-state index contributed by atoms with van der Waals surface area (Å²) >= 11 is 0. The van der Waals surface area contributed by atoms with Crippen LogP contribution in [0, 0.1) is 45.3 Å². The SMILES string of the molecule is CC12CC(CC(=O)CC3CC4(C)CC3C(C)(C)C4)C(C1)C(C)(C)C2. The summed E-state index contributed by atoms with van der Waals surface area (Å²) in [5.41, 5.74) is 1.97. The van der Waals surface area contributed by atoms with Gasteiger partial charge in [-0.15, -0.1) is 0 Å². The Kier molecular flexibility index (Phi) is 3.48. The van der Waals surface area contributed by atoms with E-state index >= 15 is 0 Å². The molecule has 0 aromatic heterocycles. The van der Waals surface area contributed by atoms with Crippen LogP contribution in [-0.4, -0.2) is 5.78 Å². The Balaban J connectivity index is 1.39. The highest BCUT2D eigenvalue weighted by atomic mass is 16.1. The predicted octanol–water partition coefficient (Wildman–Crippen LogP) is 6.26. The Morgan fingerprint density at radius 3 is 1.38 bits per heavy atom. The van der Waals surface area contributed by atoms with Gasteiger partial charge < -0.3 is 0 Å². The molecule has 0 N–H and O–H groups in total. The number of ketones is 1. The summed E-state index contributed by atoms with van der Waals surface area (Å²) in [5.74, 6) is 3.52. The van der Waals surface area contributed by atoms with Gasteiger partial charge in [0.25, 0.3) is 0 Å². The molecular formula is C23H38O. The molecule has 4 saturated carbocycles. The third-order valence-corrected chi connectivity index (χ3v) is 8.83. The maximum Gasteiger partial charge on any atom is 0.133 e. The lowest BCUT2D eigenvalue weighted by atomic mass is 9.65. The zero-order valence-electron chi connectivity index (χ0n) is 16.9. The first kappa shape index (κ1) is 17.1. The van der Waals surface area contributed by atoms with Crippen molar-refractivity contribution in [3.8, 4) is 0 Å². The van der Waals surface area contributed by atoms with Crippen molar-refractivity contribution >= 4 is 5.78 Å². The molecule has 0 aromatic rings. The van der Waals surface area contributed by atoms with Crippen molar-refractivity contribution in [2.45, 2.75) is 92.9 Å². The first-order chi connectivity index (χ1) is 10.9. The Hall–Kier alpha value is -0.330. The third kappa shape index (κ3) is 2.60. The van der Waals surface area contributed by atoms with Gasteiger partial charge in [-0.25, -0.2) is 0 Å². The molecule has 1 nitrogen and oxygen atoms in total. The van der Waals surface area contributed by atoms with E-state index in [2.05, 4.69) is 41.5 Å².